The quantitative estimate of drug-likeness (QED) is 0.519. The first-order valence-electron chi connectivity index (χ1n) is 9.91. The second-order valence-electron chi connectivity index (χ2n) is 6.97. The van der Waals surface area contributed by atoms with E-state index in [4.69, 9.17) is 10.1 Å². The van der Waals surface area contributed by atoms with Gasteiger partial charge in [-0.05, 0) is 67.1 Å². The number of nitrogens with one attached hydrogen (secondary N) is 1. The summed E-state index contributed by atoms with van der Waals surface area (Å²) in [7, 11) is 1.63. The molecule has 2 aliphatic heterocycles. The van der Waals surface area contributed by atoms with Gasteiger partial charge in [-0.2, -0.15) is 15.1 Å². The van der Waals surface area contributed by atoms with E-state index in [0.717, 1.165) is 47.9 Å². The fourth-order valence-corrected chi connectivity index (χ4v) is 4.22. The van der Waals surface area contributed by atoms with Crippen molar-refractivity contribution in [3.05, 3.63) is 53.9 Å². The van der Waals surface area contributed by atoms with E-state index in [1.807, 2.05) is 47.2 Å². The highest BCUT2D eigenvalue weighted by Crippen LogP contribution is 2.30. The molecule has 8 heteroatoms. The first-order valence-corrected chi connectivity index (χ1v) is 10.7. The average Bonchev–Trinajstić information content (AvgIpc) is 3.38. The van der Waals surface area contributed by atoms with Gasteiger partial charge in [0.15, 0.2) is 5.84 Å². The Morgan fingerprint density at radius 2 is 2.00 bits per heavy atom. The van der Waals surface area contributed by atoms with Crippen LogP contribution < -0.4 is 4.74 Å². The van der Waals surface area contributed by atoms with Gasteiger partial charge < -0.3 is 9.30 Å². The van der Waals surface area contributed by atoms with Crippen LogP contribution >= 0.6 is 11.8 Å². The van der Waals surface area contributed by atoms with Crippen molar-refractivity contribution in [2.24, 2.45) is 10.1 Å². The highest BCUT2D eigenvalue weighted by molar-refractivity contribution is 8.26. The molecule has 4 rings (SSSR count). The molecule has 7 nitrogen and oxygen atoms in total. The minimum atomic E-state index is -0.411. The number of amidine groups is 2. The van der Waals surface area contributed by atoms with E-state index in [0.29, 0.717) is 5.17 Å². The number of methoxy groups -OCH3 is 1. The molecule has 0 fully saturated rings. The lowest BCUT2D eigenvalue weighted by Crippen LogP contribution is -2.35. The van der Waals surface area contributed by atoms with Gasteiger partial charge in [0.05, 0.1) is 12.7 Å². The maximum atomic E-state index is 12.7. The van der Waals surface area contributed by atoms with Crippen molar-refractivity contribution >= 4 is 39.8 Å². The zero-order valence-corrected chi connectivity index (χ0v) is 17.8. The van der Waals surface area contributed by atoms with Crippen LogP contribution in [0.3, 0.4) is 0 Å². The molecule has 2 aromatic rings. The maximum Gasteiger partial charge on any atom is 0.283 e. The van der Waals surface area contributed by atoms with Crippen LogP contribution in [-0.4, -0.2) is 38.6 Å². The number of rotatable bonds is 7. The van der Waals surface area contributed by atoms with Crippen LogP contribution in [0.2, 0.25) is 0 Å². The summed E-state index contributed by atoms with van der Waals surface area (Å²) in [5, 5.41) is 15.9. The topological polar surface area (TPSA) is 83.0 Å². The van der Waals surface area contributed by atoms with Crippen molar-refractivity contribution in [2.75, 3.05) is 7.11 Å². The summed E-state index contributed by atoms with van der Waals surface area (Å²) in [6.45, 7) is 2.16. The summed E-state index contributed by atoms with van der Waals surface area (Å²) in [4.78, 5) is 16.8. The van der Waals surface area contributed by atoms with Crippen LogP contribution in [0.4, 0.5) is 0 Å². The second-order valence-corrected chi connectivity index (χ2v) is 8.01. The molecule has 2 aliphatic rings. The monoisotopic (exact) mass is 421 g/mol. The van der Waals surface area contributed by atoms with Crippen LogP contribution in [-0.2, 0) is 4.79 Å². The number of ether oxygens (including phenoxy) is 1. The predicted octanol–water partition coefficient (Wildman–Crippen LogP) is 4.69. The van der Waals surface area contributed by atoms with Gasteiger partial charge in [-0.3, -0.25) is 10.2 Å². The summed E-state index contributed by atoms with van der Waals surface area (Å²) < 4.78 is 7.17. The Hall–Kier alpha value is -3.13. The molecule has 0 spiro atoms. The first-order chi connectivity index (χ1) is 14.6. The third kappa shape index (κ3) is 3.95. The molecular formula is C22H23N5O2S. The number of hydrogen-bond acceptors (Lipinski definition) is 5. The summed E-state index contributed by atoms with van der Waals surface area (Å²) in [6, 6.07) is 11.4. The normalized spacial score (nSPS) is 17.3. The van der Waals surface area contributed by atoms with Crippen LogP contribution in [0.5, 0.6) is 5.75 Å². The number of aliphatic imine (C=N–C) groups is 1. The van der Waals surface area contributed by atoms with E-state index in [2.05, 4.69) is 17.0 Å². The molecule has 1 N–H and O–H groups in total. The Balaban J connectivity index is 1.60. The summed E-state index contributed by atoms with van der Waals surface area (Å²) in [5.41, 5.74) is 1.94. The first kappa shape index (κ1) is 20.2. The standard InChI is InChI=1S/C22H23N5O2S/c1-3-4-5-8-19-25-27-20(23)18(21(28)24-22(27)30-19)14-16-7-6-13-26(16)15-9-11-17(29-2)12-10-15/h6-7,9-14,23H,3-5,8H2,1-2H3/b18-14+,23-20?. The molecule has 3 heterocycles. The van der Waals surface area contributed by atoms with Crippen LogP contribution in [0.25, 0.3) is 11.8 Å². The summed E-state index contributed by atoms with van der Waals surface area (Å²) in [5.74, 6) is 0.424. The fraction of sp³-hybridized carbons (Fsp3) is 0.273. The molecule has 0 atom stereocenters. The smallest absolute Gasteiger partial charge is 0.283 e. The van der Waals surface area contributed by atoms with Gasteiger partial charge in [0.2, 0.25) is 5.17 Å². The number of carbonyl (C=O) groups excluding carboxylic acids is 1. The number of carbonyl (C=O) groups is 1. The van der Waals surface area contributed by atoms with Crippen LogP contribution in [0.1, 0.15) is 38.3 Å². The Morgan fingerprint density at radius 1 is 1.20 bits per heavy atom. The van der Waals surface area contributed by atoms with Crippen molar-refractivity contribution in [3.63, 3.8) is 0 Å². The Morgan fingerprint density at radius 3 is 2.73 bits per heavy atom. The number of benzene rings is 1. The molecule has 0 aliphatic carbocycles. The van der Waals surface area contributed by atoms with E-state index in [1.165, 1.54) is 16.8 Å². The molecule has 1 aromatic carbocycles. The highest BCUT2D eigenvalue weighted by atomic mass is 32.2. The van der Waals surface area contributed by atoms with Gasteiger partial charge in [-0.15, -0.1) is 0 Å². The molecular weight excluding hydrogens is 398 g/mol. The second kappa shape index (κ2) is 8.71. The Labute approximate surface area is 179 Å². The van der Waals surface area contributed by atoms with Crippen molar-refractivity contribution in [1.82, 2.24) is 9.58 Å². The molecule has 30 heavy (non-hydrogen) atoms. The van der Waals surface area contributed by atoms with Gasteiger partial charge >= 0.3 is 0 Å². The minimum Gasteiger partial charge on any atom is -0.497 e. The lowest BCUT2D eigenvalue weighted by molar-refractivity contribution is -0.114. The van der Waals surface area contributed by atoms with Gasteiger partial charge in [0.25, 0.3) is 5.91 Å². The third-order valence-corrected chi connectivity index (χ3v) is 5.88. The number of aromatic nitrogens is 1. The summed E-state index contributed by atoms with van der Waals surface area (Å²) >= 11 is 1.39. The molecule has 0 saturated carbocycles. The van der Waals surface area contributed by atoms with E-state index in [1.54, 1.807) is 13.2 Å². The number of unbranched alkanes of at least 4 members (excludes halogenated alkanes) is 2. The van der Waals surface area contributed by atoms with E-state index < -0.39 is 5.91 Å². The zero-order chi connectivity index (χ0) is 21.1. The SMILES string of the molecule is CCCCCC1=NN2C(=N)/C(=C\c3cccn3-c3ccc(OC)cc3)C(=O)N=C2S1. The van der Waals surface area contributed by atoms with Crippen molar-refractivity contribution in [2.45, 2.75) is 32.6 Å². The lowest BCUT2D eigenvalue weighted by Gasteiger charge is -2.20. The van der Waals surface area contributed by atoms with Crippen molar-refractivity contribution < 1.29 is 9.53 Å². The lowest BCUT2D eigenvalue weighted by atomic mass is 10.1. The van der Waals surface area contributed by atoms with Gasteiger partial charge in [-0.25, -0.2) is 0 Å². The average molecular weight is 422 g/mol. The van der Waals surface area contributed by atoms with Crippen LogP contribution in [0.15, 0.2) is 58.3 Å². The van der Waals surface area contributed by atoms with Gasteiger partial charge in [0.1, 0.15) is 10.8 Å². The molecule has 154 valence electrons. The third-order valence-electron chi connectivity index (χ3n) is 4.91. The molecule has 0 unspecified atom stereocenters. The molecule has 1 aromatic heterocycles. The summed E-state index contributed by atoms with van der Waals surface area (Å²) in [6.07, 6.45) is 7.77. The number of nitrogens with zero attached hydrogens (tertiary/aromatic N) is 4. The number of hydrogen-bond donors (Lipinski definition) is 1. The zero-order valence-electron chi connectivity index (χ0n) is 17.0. The van der Waals surface area contributed by atoms with E-state index >= 15 is 0 Å². The molecule has 1 amide bonds. The van der Waals surface area contributed by atoms with Crippen molar-refractivity contribution in [3.8, 4) is 11.4 Å². The highest BCUT2D eigenvalue weighted by Gasteiger charge is 2.35. The minimum absolute atomic E-state index is 0.0606. The maximum absolute atomic E-state index is 12.7. The Bertz CT molecular complexity index is 1070. The van der Waals surface area contributed by atoms with Gasteiger partial charge in [0, 0.05) is 17.6 Å². The van der Waals surface area contributed by atoms with E-state index in [9.17, 15) is 4.79 Å². The largest absolute Gasteiger partial charge is 0.497 e. The number of amides is 1. The number of fused-ring (bicyclic) bond motifs is 1. The van der Waals surface area contributed by atoms with E-state index in [-0.39, 0.29) is 11.4 Å². The molecule has 0 saturated heterocycles. The number of thioether (sulfide) groups is 1. The van der Waals surface area contributed by atoms with Gasteiger partial charge in [-0.1, -0.05) is 19.8 Å². The Kier molecular flexibility index (Phi) is 5.85. The van der Waals surface area contributed by atoms with Crippen LogP contribution in [0, 0.1) is 5.41 Å². The van der Waals surface area contributed by atoms with Crippen molar-refractivity contribution in [1.29, 1.82) is 5.41 Å². The molecule has 0 radical (unpaired) electrons. The molecule has 0 bridgehead atoms. The predicted molar refractivity (Wildman–Crippen MR) is 121 cm³/mol. The fourth-order valence-electron chi connectivity index (χ4n) is 3.30. The number of hydrazone groups is 1.